The van der Waals surface area contributed by atoms with Gasteiger partial charge in [0, 0.05) is 28.2 Å². The number of pyridine rings is 1. The number of benzene rings is 2. The predicted molar refractivity (Wildman–Crippen MR) is 87.8 cm³/mol. The molecule has 0 saturated carbocycles. The lowest BCUT2D eigenvalue weighted by Crippen LogP contribution is -1.90. The zero-order valence-electron chi connectivity index (χ0n) is 12.0. The van der Waals surface area contributed by atoms with Crippen LogP contribution < -0.4 is 10.5 Å². The molecule has 22 heavy (non-hydrogen) atoms. The Bertz CT molecular complexity index is 990. The third-order valence-corrected chi connectivity index (χ3v) is 3.79. The van der Waals surface area contributed by atoms with Crippen LogP contribution in [0.25, 0.3) is 33.1 Å². The van der Waals surface area contributed by atoms with Crippen molar-refractivity contribution in [2.24, 2.45) is 0 Å². The number of nitrogens with two attached hydrogens (primary N) is 1. The number of H-pyrrole nitrogens is 1. The minimum Gasteiger partial charge on any atom is -0.494 e. The molecule has 3 N–H and O–H groups in total. The Morgan fingerprint density at radius 2 is 2.00 bits per heavy atom. The van der Waals surface area contributed by atoms with Crippen LogP contribution in [0.5, 0.6) is 5.75 Å². The van der Waals surface area contributed by atoms with Gasteiger partial charge < -0.3 is 10.5 Å². The van der Waals surface area contributed by atoms with E-state index in [2.05, 4.69) is 15.2 Å². The summed E-state index contributed by atoms with van der Waals surface area (Å²) in [4.78, 5) is 4.43. The summed E-state index contributed by atoms with van der Waals surface area (Å²) in [5.74, 6) is 0.749. The summed E-state index contributed by atoms with van der Waals surface area (Å²) in [6.07, 6.45) is 1.76. The summed E-state index contributed by atoms with van der Waals surface area (Å²) in [5.41, 5.74) is 10.3. The summed E-state index contributed by atoms with van der Waals surface area (Å²) in [7, 11) is 1.65. The van der Waals surface area contributed by atoms with Gasteiger partial charge in [-0.3, -0.25) is 10.1 Å². The molecule has 0 unspecified atom stereocenters. The lowest BCUT2D eigenvalue weighted by Gasteiger charge is -2.08. The molecule has 0 spiro atoms. The second-order valence-electron chi connectivity index (χ2n) is 5.09. The van der Waals surface area contributed by atoms with Crippen LogP contribution in [0, 0.1) is 0 Å². The van der Waals surface area contributed by atoms with Crippen LogP contribution in [0.2, 0.25) is 0 Å². The first-order chi connectivity index (χ1) is 10.8. The molecular formula is C17H14N4O. The van der Waals surface area contributed by atoms with Crippen molar-refractivity contribution in [2.45, 2.75) is 0 Å². The fourth-order valence-corrected chi connectivity index (χ4v) is 2.75. The maximum atomic E-state index is 5.91. The zero-order chi connectivity index (χ0) is 15.1. The van der Waals surface area contributed by atoms with Crippen molar-refractivity contribution >= 4 is 27.5 Å². The van der Waals surface area contributed by atoms with Gasteiger partial charge in [-0.2, -0.15) is 5.10 Å². The highest BCUT2D eigenvalue weighted by Gasteiger charge is 2.14. The van der Waals surface area contributed by atoms with E-state index in [0.717, 1.165) is 38.8 Å². The SMILES string of the molecule is COc1ccc(-c2n[nH]c3ccc(N)cc23)c2cccnc12. The van der Waals surface area contributed by atoms with E-state index >= 15 is 0 Å². The molecule has 0 aliphatic heterocycles. The molecule has 0 aliphatic rings. The summed E-state index contributed by atoms with van der Waals surface area (Å²) < 4.78 is 5.40. The number of nitrogens with zero attached hydrogens (tertiary/aromatic N) is 2. The molecule has 2 heterocycles. The molecule has 2 aromatic heterocycles. The van der Waals surface area contributed by atoms with E-state index in [0.29, 0.717) is 5.69 Å². The van der Waals surface area contributed by atoms with Crippen molar-refractivity contribution < 1.29 is 4.74 Å². The third-order valence-electron chi connectivity index (χ3n) is 3.79. The van der Waals surface area contributed by atoms with Gasteiger partial charge in [-0.1, -0.05) is 6.07 Å². The molecule has 0 amide bonds. The van der Waals surface area contributed by atoms with E-state index < -0.39 is 0 Å². The highest BCUT2D eigenvalue weighted by Crippen LogP contribution is 2.35. The zero-order valence-corrected chi connectivity index (χ0v) is 12.0. The molecule has 0 fully saturated rings. The first-order valence-corrected chi connectivity index (χ1v) is 6.93. The molecular weight excluding hydrogens is 276 g/mol. The second-order valence-corrected chi connectivity index (χ2v) is 5.09. The molecule has 4 aromatic rings. The van der Waals surface area contributed by atoms with Gasteiger partial charge in [-0.05, 0) is 36.4 Å². The third kappa shape index (κ3) is 1.79. The standard InChI is InChI=1S/C17H14N4O/c1-22-15-7-5-12(11-3-2-8-19-17(11)15)16-13-9-10(18)4-6-14(13)20-21-16/h2-9H,18H2,1H3,(H,20,21). The van der Waals surface area contributed by atoms with Crippen molar-refractivity contribution in [3.8, 4) is 17.0 Å². The Labute approximate surface area is 126 Å². The quantitative estimate of drug-likeness (QED) is 0.555. The molecule has 5 nitrogen and oxygen atoms in total. The Balaban J connectivity index is 2.07. The van der Waals surface area contributed by atoms with Gasteiger partial charge in [0.05, 0.1) is 12.6 Å². The van der Waals surface area contributed by atoms with E-state index in [1.165, 1.54) is 0 Å². The molecule has 2 aromatic carbocycles. The molecule has 4 rings (SSSR count). The summed E-state index contributed by atoms with van der Waals surface area (Å²) in [6, 6.07) is 13.6. The number of rotatable bonds is 2. The number of anilines is 1. The fraction of sp³-hybridized carbons (Fsp3) is 0.0588. The van der Waals surface area contributed by atoms with Crippen LogP contribution in [0.4, 0.5) is 5.69 Å². The van der Waals surface area contributed by atoms with Crippen LogP contribution in [0.15, 0.2) is 48.7 Å². The first-order valence-electron chi connectivity index (χ1n) is 6.93. The molecule has 0 bridgehead atoms. The maximum absolute atomic E-state index is 5.91. The number of ether oxygens (including phenoxy) is 1. The van der Waals surface area contributed by atoms with E-state index in [4.69, 9.17) is 10.5 Å². The van der Waals surface area contributed by atoms with E-state index in [-0.39, 0.29) is 0 Å². The molecule has 0 radical (unpaired) electrons. The number of hydrogen-bond donors (Lipinski definition) is 2. The van der Waals surface area contributed by atoms with Gasteiger partial charge in [0.15, 0.2) is 0 Å². The fourth-order valence-electron chi connectivity index (χ4n) is 2.75. The molecule has 108 valence electrons. The second kappa shape index (κ2) is 4.73. The molecule has 0 atom stereocenters. The highest BCUT2D eigenvalue weighted by atomic mass is 16.5. The number of nitrogen functional groups attached to an aromatic ring is 1. The van der Waals surface area contributed by atoms with Crippen LogP contribution in [-0.4, -0.2) is 22.3 Å². The van der Waals surface area contributed by atoms with Crippen molar-refractivity contribution in [1.82, 2.24) is 15.2 Å². The Morgan fingerprint density at radius 1 is 1.09 bits per heavy atom. The van der Waals surface area contributed by atoms with E-state index in [1.807, 2.05) is 42.5 Å². The smallest absolute Gasteiger partial charge is 0.145 e. The van der Waals surface area contributed by atoms with Crippen molar-refractivity contribution in [3.05, 3.63) is 48.7 Å². The first kappa shape index (κ1) is 12.6. The topological polar surface area (TPSA) is 76.8 Å². The minimum atomic E-state index is 0.714. The van der Waals surface area contributed by atoms with Crippen LogP contribution in [0.1, 0.15) is 0 Å². The van der Waals surface area contributed by atoms with Gasteiger partial charge in [-0.15, -0.1) is 0 Å². The van der Waals surface area contributed by atoms with Crippen molar-refractivity contribution in [1.29, 1.82) is 0 Å². The number of hydrogen-bond acceptors (Lipinski definition) is 4. The van der Waals surface area contributed by atoms with Crippen molar-refractivity contribution in [2.75, 3.05) is 12.8 Å². The number of aromatic nitrogens is 3. The van der Waals surface area contributed by atoms with Crippen LogP contribution in [0.3, 0.4) is 0 Å². The molecule has 5 heteroatoms. The lowest BCUT2D eigenvalue weighted by atomic mass is 10.0. The monoisotopic (exact) mass is 290 g/mol. The maximum Gasteiger partial charge on any atom is 0.145 e. The number of nitrogens with one attached hydrogen (secondary N) is 1. The summed E-state index contributed by atoms with van der Waals surface area (Å²) >= 11 is 0. The van der Waals surface area contributed by atoms with Gasteiger partial charge in [0.25, 0.3) is 0 Å². The van der Waals surface area contributed by atoms with Crippen LogP contribution >= 0.6 is 0 Å². The van der Waals surface area contributed by atoms with Gasteiger partial charge in [-0.25, -0.2) is 0 Å². The van der Waals surface area contributed by atoms with Crippen molar-refractivity contribution in [3.63, 3.8) is 0 Å². The number of fused-ring (bicyclic) bond motifs is 2. The van der Waals surface area contributed by atoms with E-state index in [1.54, 1.807) is 13.3 Å². The average molecular weight is 290 g/mol. The summed E-state index contributed by atoms with van der Waals surface area (Å²) in [6.45, 7) is 0. The highest BCUT2D eigenvalue weighted by molar-refractivity contribution is 6.04. The van der Waals surface area contributed by atoms with Gasteiger partial charge in [0.1, 0.15) is 17.0 Å². The average Bonchev–Trinajstić information content (AvgIpc) is 2.96. The Morgan fingerprint density at radius 3 is 2.86 bits per heavy atom. The van der Waals surface area contributed by atoms with E-state index in [9.17, 15) is 0 Å². The van der Waals surface area contributed by atoms with Gasteiger partial charge >= 0.3 is 0 Å². The normalized spacial score (nSPS) is 11.1. The molecule has 0 aliphatic carbocycles. The largest absolute Gasteiger partial charge is 0.494 e. The number of methoxy groups -OCH3 is 1. The molecule has 0 saturated heterocycles. The summed E-state index contributed by atoms with van der Waals surface area (Å²) in [5, 5.41) is 9.51. The predicted octanol–water partition coefficient (Wildman–Crippen LogP) is 3.37. The minimum absolute atomic E-state index is 0.714. The lowest BCUT2D eigenvalue weighted by molar-refractivity contribution is 0.419. The number of aromatic amines is 1. The Hall–Kier alpha value is -3.08. The van der Waals surface area contributed by atoms with Gasteiger partial charge in [0.2, 0.25) is 0 Å². The van der Waals surface area contributed by atoms with Crippen LogP contribution in [-0.2, 0) is 0 Å². The Kier molecular flexibility index (Phi) is 2.72.